The summed E-state index contributed by atoms with van der Waals surface area (Å²) in [5.41, 5.74) is 7.87. The number of aryl methyl sites for hydroxylation is 1. The SMILES string of the molecule is CCc1ccc(NC(N)=NCCC(=O)NC2CCS(=O)(=O)C2)cc1.I. The van der Waals surface area contributed by atoms with Crippen molar-refractivity contribution in [1.29, 1.82) is 0 Å². The first-order valence-corrected chi connectivity index (χ1v) is 9.86. The van der Waals surface area contributed by atoms with Crippen LogP contribution in [-0.4, -0.2) is 44.4 Å². The fourth-order valence-corrected chi connectivity index (χ4v) is 4.17. The summed E-state index contributed by atoms with van der Waals surface area (Å²) in [6.45, 7) is 2.33. The largest absolute Gasteiger partial charge is 0.370 e. The van der Waals surface area contributed by atoms with Gasteiger partial charge in [0.25, 0.3) is 0 Å². The molecule has 1 aliphatic heterocycles. The molecule has 0 aliphatic carbocycles. The van der Waals surface area contributed by atoms with E-state index in [1.54, 1.807) is 0 Å². The van der Waals surface area contributed by atoms with E-state index in [9.17, 15) is 13.2 Å². The summed E-state index contributed by atoms with van der Waals surface area (Å²) in [6, 6.07) is 7.60. The van der Waals surface area contributed by atoms with E-state index in [-0.39, 0.29) is 66.4 Å². The lowest BCUT2D eigenvalue weighted by Gasteiger charge is -2.10. The molecular formula is C16H25IN4O3S. The molecule has 1 heterocycles. The lowest BCUT2D eigenvalue weighted by molar-refractivity contribution is -0.121. The van der Waals surface area contributed by atoms with Gasteiger partial charge in [0.05, 0.1) is 18.1 Å². The Kier molecular flexibility index (Phi) is 8.63. The second-order valence-corrected chi connectivity index (χ2v) is 8.09. The number of carbonyl (C=O) groups excluding carboxylic acids is 1. The maximum Gasteiger partial charge on any atom is 0.222 e. The summed E-state index contributed by atoms with van der Waals surface area (Å²) in [7, 11) is -2.99. The van der Waals surface area contributed by atoms with Crippen LogP contribution in [0.3, 0.4) is 0 Å². The van der Waals surface area contributed by atoms with Crippen molar-refractivity contribution in [2.75, 3.05) is 23.4 Å². The Bertz CT molecular complexity index is 705. The van der Waals surface area contributed by atoms with Crippen LogP contribution in [0, 0.1) is 0 Å². The van der Waals surface area contributed by atoms with E-state index in [1.165, 1.54) is 5.56 Å². The van der Waals surface area contributed by atoms with Crippen molar-refractivity contribution < 1.29 is 13.2 Å². The van der Waals surface area contributed by atoms with Gasteiger partial charge >= 0.3 is 0 Å². The Morgan fingerprint density at radius 1 is 1.32 bits per heavy atom. The average molecular weight is 480 g/mol. The second-order valence-electron chi connectivity index (χ2n) is 5.86. The first kappa shape index (κ1) is 21.7. The highest BCUT2D eigenvalue weighted by molar-refractivity contribution is 14.0. The molecule has 0 radical (unpaired) electrons. The van der Waals surface area contributed by atoms with E-state index in [1.807, 2.05) is 24.3 Å². The number of nitrogens with zero attached hydrogens (tertiary/aromatic N) is 1. The number of sulfone groups is 1. The van der Waals surface area contributed by atoms with Gasteiger partial charge in [-0.25, -0.2) is 8.42 Å². The highest BCUT2D eigenvalue weighted by Gasteiger charge is 2.28. The average Bonchev–Trinajstić information content (AvgIpc) is 2.86. The highest BCUT2D eigenvalue weighted by atomic mass is 127. The lowest BCUT2D eigenvalue weighted by Crippen LogP contribution is -2.36. The minimum Gasteiger partial charge on any atom is -0.370 e. The van der Waals surface area contributed by atoms with Crippen molar-refractivity contribution in [3.05, 3.63) is 29.8 Å². The molecule has 25 heavy (non-hydrogen) atoms. The van der Waals surface area contributed by atoms with Crippen molar-refractivity contribution in [3.8, 4) is 0 Å². The number of halogens is 1. The summed E-state index contributed by atoms with van der Waals surface area (Å²) in [5.74, 6) is 0.208. The van der Waals surface area contributed by atoms with Crippen LogP contribution in [0.15, 0.2) is 29.3 Å². The Morgan fingerprint density at radius 3 is 2.56 bits per heavy atom. The molecule has 2 rings (SSSR count). The van der Waals surface area contributed by atoms with Crippen LogP contribution in [0.25, 0.3) is 0 Å². The molecule has 1 aromatic rings. The molecule has 140 valence electrons. The molecule has 1 unspecified atom stereocenters. The van der Waals surface area contributed by atoms with E-state index in [2.05, 4.69) is 22.5 Å². The molecule has 1 amide bonds. The molecular weight excluding hydrogens is 455 g/mol. The van der Waals surface area contributed by atoms with Gasteiger partial charge in [0.2, 0.25) is 5.91 Å². The van der Waals surface area contributed by atoms with Gasteiger partial charge in [0.15, 0.2) is 15.8 Å². The maximum atomic E-state index is 11.8. The van der Waals surface area contributed by atoms with Crippen LogP contribution < -0.4 is 16.4 Å². The van der Waals surface area contributed by atoms with Gasteiger partial charge in [-0.1, -0.05) is 19.1 Å². The van der Waals surface area contributed by atoms with Crippen LogP contribution in [0.5, 0.6) is 0 Å². The van der Waals surface area contributed by atoms with E-state index >= 15 is 0 Å². The number of amides is 1. The quantitative estimate of drug-likeness (QED) is 0.323. The van der Waals surface area contributed by atoms with E-state index in [0.717, 1.165) is 12.1 Å². The monoisotopic (exact) mass is 480 g/mol. The molecule has 0 spiro atoms. The molecule has 4 N–H and O–H groups in total. The van der Waals surface area contributed by atoms with Crippen LogP contribution >= 0.6 is 24.0 Å². The van der Waals surface area contributed by atoms with Crippen molar-refractivity contribution in [1.82, 2.24) is 5.32 Å². The molecule has 0 saturated carbocycles. The number of nitrogens with one attached hydrogen (secondary N) is 2. The molecule has 1 aliphatic rings. The third-order valence-corrected chi connectivity index (χ3v) is 5.62. The molecule has 9 heteroatoms. The van der Waals surface area contributed by atoms with E-state index in [0.29, 0.717) is 6.42 Å². The van der Waals surface area contributed by atoms with Crippen molar-refractivity contribution >= 4 is 51.4 Å². The number of rotatable bonds is 6. The molecule has 1 atom stereocenters. The predicted octanol–water partition coefficient (Wildman–Crippen LogP) is 1.29. The number of hydrogen-bond acceptors (Lipinski definition) is 4. The first-order chi connectivity index (χ1) is 11.4. The number of benzene rings is 1. The van der Waals surface area contributed by atoms with Crippen molar-refractivity contribution in [2.24, 2.45) is 10.7 Å². The summed E-state index contributed by atoms with van der Waals surface area (Å²) >= 11 is 0. The van der Waals surface area contributed by atoms with Gasteiger partial charge in [-0.15, -0.1) is 24.0 Å². The van der Waals surface area contributed by atoms with Gasteiger partial charge in [-0.2, -0.15) is 0 Å². The zero-order valence-corrected chi connectivity index (χ0v) is 17.3. The highest BCUT2D eigenvalue weighted by Crippen LogP contribution is 2.11. The molecule has 1 saturated heterocycles. The number of anilines is 1. The maximum absolute atomic E-state index is 11.8. The Hall–Kier alpha value is -1.36. The third-order valence-electron chi connectivity index (χ3n) is 3.85. The van der Waals surface area contributed by atoms with E-state index < -0.39 is 9.84 Å². The van der Waals surface area contributed by atoms with Crippen molar-refractivity contribution in [2.45, 2.75) is 32.2 Å². The first-order valence-electron chi connectivity index (χ1n) is 8.03. The van der Waals surface area contributed by atoms with Gasteiger partial charge in [-0.05, 0) is 30.5 Å². The number of nitrogens with two attached hydrogens (primary N) is 1. The lowest BCUT2D eigenvalue weighted by atomic mass is 10.1. The normalized spacial score (nSPS) is 19.1. The summed E-state index contributed by atoms with van der Waals surface area (Å²) in [4.78, 5) is 15.9. The molecule has 1 aromatic carbocycles. The Labute approximate surface area is 165 Å². The number of hydrogen-bond donors (Lipinski definition) is 3. The third kappa shape index (κ3) is 7.59. The molecule has 0 bridgehead atoms. The standard InChI is InChI=1S/C16H24N4O3S.HI/c1-2-12-3-5-13(6-4-12)20-16(17)18-9-7-15(21)19-14-8-10-24(22,23)11-14;/h3-6,14H,2,7-11H2,1H3,(H,19,21)(H3,17,18,20);1H. The van der Waals surface area contributed by atoms with Gasteiger partial charge in [0, 0.05) is 18.2 Å². The zero-order valence-electron chi connectivity index (χ0n) is 14.2. The summed E-state index contributed by atoms with van der Waals surface area (Å²) in [6.07, 6.45) is 1.63. The minimum absolute atomic E-state index is 0. The number of carbonyl (C=O) groups is 1. The van der Waals surface area contributed by atoms with Crippen LogP contribution in [0.1, 0.15) is 25.3 Å². The Morgan fingerprint density at radius 2 is 2.00 bits per heavy atom. The van der Waals surface area contributed by atoms with Crippen LogP contribution in [0.4, 0.5) is 5.69 Å². The predicted molar refractivity (Wildman–Crippen MR) is 111 cm³/mol. The van der Waals surface area contributed by atoms with Crippen LogP contribution in [0.2, 0.25) is 0 Å². The molecule has 1 fully saturated rings. The number of guanidine groups is 1. The summed E-state index contributed by atoms with van der Waals surface area (Å²) in [5, 5.41) is 5.69. The second kappa shape index (κ2) is 9.95. The van der Waals surface area contributed by atoms with Gasteiger partial charge < -0.3 is 16.4 Å². The minimum atomic E-state index is -2.99. The Balaban J connectivity index is 0.00000312. The van der Waals surface area contributed by atoms with E-state index in [4.69, 9.17) is 5.73 Å². The molecule has 0 aromatic heterocycles. The number of aliphatic imine (C=N–C) groups is 1. The fraction of sp³-hybridized carbons (Fsp3) is 0.500. The van der Waals surface area contributed by atoms with Crippen molar-refractivity contribution in [3.63, 3.8) is 0 Å². The topological polar surface area (TPSA) is 114 Å². The zero-order chi connectivity index (χ0) is 17.6. The summed E-state index contributed by atoms with van der Waals surface area (Å²) < 4.78 is 22.7. The van der Waals surface area contributed by atoms with Gasteiger partial charge in [0.1, 0.15) is 0 Å². The van der Waals surface area contributed by atoms with Gasteiger partial charge in [-0.3, -0.25) is 9.79 Å². The molecule has 7 nitrogen and oxygen atoms in total. The van der Waals surface area contributed by atoms with Crippen LogP contribution in [-0.2, 0) is 21.1 Å². The fourth-order valence-electron chi connectivity index (χ4n) is 2.50. The smallest absolute Gasteiger partial charge is 0.222 e.